The number of carbonyl (C=O) groups excluding carboxylic acids is 2. The van der Waals surface area contributed by atoms with Gasteiger partial charge in [0.25, 0.3) is 5.91 Å². The van der Waals surface area contributed by atoms with Crippen molar-refractivity contribution in [3.05, 3.63) is 54.1 Å². The van der Waals surface area contributed by atoms with E-state index in [-0.39, 0.29) is 6.61 Å². The SMILES string of the molecule is CCCCOC(=O)N[C@@](C)(CO)C(=O)Nc1ccc(OCCCCc2ccc(OC)cc2)cc1. The van der Waals surface area contributed by atoms with Gasteiger partial charge in [0.15, 0.2) is 0 Å². The van der Waals surface area contributed by atoms with Gasteiger partial charge in [-0.15, -0.1) is 0 Å². The number of unbranched alkanes of at least 4 members (excludes halogenated alkanes) is 2. The van der Waals surface area contributed by atoms with Gasteiger partial charge in [0.1, 0.15) is 17.0 Å². The van der Waals surface area contributed by atoms with Crippen LogP contribution in [0.4, 0.5) is 10.5 Å². The van der Waals surface area contributed by atoms with Gasteiger partial charge >= 0.3 is 6.09 Å². The van der Waals surface area contributed by atoms with E-state index in [0.717, 1.165) is 37.9 Å². The summed E-state index contributed by atoms with van der Waals surface area (Å²) in [5.74, 6) is 1.01. The highest BCUT2D eigenvalue weighted by atomic mass is 16.5. The van der Waals surface area contributed by atoms with Crippen molar-refractivity contribution in [2.24, 2.45) is 0 Å². The topological polar surface area (TPSA) is 106 Å². The van der Waals surface area contributed by atoms with E-state index < -0.39 is 24.1 Å². The first-order valence-corrected chi connectivity index (χ1v) is 11.6. The van der Waals surface area contributed by atoms with Gasteiger partial charge in [-0.1, -0.05) is 25.5 Å². The minimum Gasteiger partial charge on any atom is -0.497 e. The Labute approximate surface area is 201 Å². The van der Waals surface area contributed by atoms with E-state index in [1.54, 1.807) is 31.4 Å². The number of nitrogens with one attached hydrogen (secondary N) is 2. The van der Waals surface area contributed by atoms with Gasteiger partial charge in [-0.05, 0) is 74.6 Å². The maximum atomic E-state index is 12.6. The molecule has 0 fully saturated rings. The van der Waals surface area contributed by atoms with Crippen LogP contribution in [0.5, 0.6) is 11.5 Å². The summed E-state index contributed by atoms with van der Waals surface area (Å²) in [5, 5.41) is 14.8. The second-order valence-electron chi connectivity index (χ2n) is 8.24. The van der Waals surface area contributed by atoms with Crippen LogP contribution in [0.1, 0.15) is 45.1 Å². The molecule has 186 valence electrons. The second kappa shape index (κ2) is 14.1. The lowest BCUT2D eigenvalue weighted by Crippen LogP contribution is -2.57. The fourth-order valence-electron chi connectivity index (χ4n) is 3.06. The van der Waals surface area contributed by atoms with E-state index in [1.807, 2.05) is 19.1 Å². The van der Waals surface area contributed by atoms with Gasteiger partial charge in [0.2, 0.25) is 0 Å². The van der Waals surface area contributed by atoms with E-state index in [9.17, 15) is 14.7 Å². The maximum absolute atomic E-state index is 12.6. The van der Waals surface area contributed by atoms with E-state index in [0.29, 0.717) is 18.0 Å². The molecule has 3 N–H and O–H groups in total. The lowest BCUT2D eigenvalue weighted by molar-refractivity contribution is -0.123. The molecule has 0 aromatic heterocycles. The third kappa shape index (κ3) is 8.94. The number of alkyl carbamates (subject to hydrolysis) is 1. The lowest BCUT2D eigenvalue weighted by Gasteiger charge is -2.27. The smallest absolute Gasteiger partial charge is 0.408 e. The molecule has 0 aliphatic heterocycles. The summed E-state index contributed by atoms with van der Waals surface area (Å²) in [6.45, 7) is 3.70. The van der Waals surface area contributed by atoms with E-state index in [1.165, 1.54) is 12.5 Å². The Hall–Kier alpha value is -3.26. The standard InChI is InChI=1S/C26H36N2O6/c1-4-5-17-34-25(31)28-26(2,19-29)24(30)27-21-11-15-23(16-12-21)33-18-7-6-8-20-9-13-22(32-3)14-10-20/h9-16,29H,4-8,17-19H2,1-3H3,(H,27,30)(H,28,31)/t26-/m0/s1. The van der Waals surface area contributed by atoms with Crippen molar-refractivity contribution in [1.29, 1.82) is 0 Å². The molecule has 34 heavy (non-hydrogen) atoms. The first-order chi connectivity index (χ1) is 16.4. The number of ether oxygens (including phenoxy) is 3. The highest BCUT2D eigenvalue weighted by Crippen LogP contribution is 2.18. The zero-order valence-corrected chi connectivity index (χ0v) is 20.3. The van der Waals surface area contributed by atoms with Crippen LogP contribution in [0.3, 0.4) is 0 Å². The van der Waals surface area contributed by atoms with E-state index in [4.69, 9.17) is 14.2 Å². The maximum Gasteiger partial charge on any atom is 0.408 e. The predicted molar refractivity (Wildman–Crippen MR) is 131 cm³/mol. The molecule has 0 unspecified atom stereocenters. The molecule has 0 aliphatic carbocycles. The number of hydrogen-bond acceptors (Lipinski definition) is 6. The number of amides is 2. The first-order valence-electron chi connectivity index (χ1n) is 11.6. The molecule has 2 amide bonds. The average molecular weight is 473 g/mol. The van der Waals surface area contributed by atoms with Crippen LogP contribution in [0, 0.1) is 0 Å². The Bertz CT molecular complexity index is 885. The molecule has 0 spiro atoms. The van der Waals surface area contributed by atoms with Crippen molar-refractivity contribution in [3.8, 4) is 11.5 Å². The Balaban J connectivity index is 1.74. The molecular formula is C26H36N2O6. The molecular weight excluding hydrogens is 436 g/mol. The highest BCUT2D eigenvalue weighted by Gasteiger charge is 2.35. The van der Waals surface area contributed by atoms with Gasteiger partial charge in [-0.2, -0.15) is 0 Å². The summed E-state index contributed by atoms with van der Waals surface area (Å²) in [5.41, 5.74) is 0.277. The predicted octanol–water partition coefficient (Wildman–Crippen LogP) is 4.31. The Morgan fingerprint density at radius 1 is 0.941 bits per heavy atom. The summed E-state index contributed by atoms with van der Waals surface area (Å²) in [4.78, 5) is 24.5. The van der Waals surface area contributed by atoms with Crippen molar-refractivity contribution in [1.82, 2.24) is 5.32 Å². The molecule has 0 aliphatic rings. The summed E-state index contributed by atoms with van der Waals surface area (Å²) in [6, 6.07) is 15.0. The van der Waals surface area contributed by atoms with Gasteiger partial charge in [0.05, 0.1) is 26.9 Å². The number of benzene rings is 2. The van der Waals surface area contributed by atoms with Crippen LogP contribution >= 0.6 is 0 Å². The van der Waals surface area contributed by atoms with Crippen molar-refractivity contribution in [2.45, 2.75) is 51.5 Å². The van der Waals surface area contributed by atoms with Crippen molar-refractivity contribution in [3.63, 3.8) is 0 Å². The molecule has 2 aromatic carbocycles. The average Bonchev–Trinajstić information content (AvgIpc) is 2.85. The number of methoxy groups -OCH3 is 1. The number of anilines is 1. The normalized spacial score (nSPS) is 12.4. The van der Waals surface area contributed by atoms with E-state index >= 15 is 0 Å². The van der Waals surface area contributed by atoms with Crippen LogP contribution < -0.4 is 20.1 Å². The largest absolute Gasteiger partial charge is 0.497 e. The third-order valence-electron chi connectivity index (χ3n) is 5.33. The molecule has 1 atom stereocenters. The number of rotatable bonds is 14. The summed E-state index contributed by atoms with van der Waals surface area (Å²) < 4.78 is 16.0. The Kier molecular flexibility index (Phi) is 11.2. The molecule has 8 heteroatoms. The van der Waals surface area contributed by atoms with Crippen LogP contribution in [0.25, 0.3) is 0 Å². The Morgan fingerprint density at radius 2 is 1.62 bits per heavy atom. The minimum absolute atomic E-state index is 0.258. The summed E-state index contributed by atoms with van der Waals surface area (Å²) >= 11 is 0. The number of aliphatic hydroxyl groups excluding tert-OH is 1. The highest BCUT2D eigenvalue weighted by molar-refractivity contribution is 5.99. The number of hydrogen-bond donors (Lipinski definition) is 3. The minimum atomic E-state index is -1.51. The fraction of sp³-hybridized carbons (Fsp3) is 0.462. The third-order valence-corrected chi connectivity index (χ3v) is 5.33. The van der Waals surface area contributed by atoms with Crippen molar-refractivity contribution < 1.29 is 28.9 Å². The van der Waals surface area contributed by atoms with Crippen molar-refractivity contribution in [2.75, 3.05) is 32.2 Å². The van der Waals surface area contributed by atoms with Crippen LogP contribution in [-0.4, -0.2) is 49.6 Å². The Morgan fingerprint density at radius 3 is 2.24 bits per heavy atom. The molecule has 2 aromatic rings. The molecule has 0 saturated heterocycles. The van der Waals surface area contributed by atoms with Gasteiger partial charge in [0, 0.05) is 5.69 Å². The molecule has 2 rings (SSSR count). The molecule has 0 heterocycles. The first kappa shape index (κ1) is 27.0. The molecule has 0 radical (unpaired) electrons. The molecule has 8 nitrogen and oxygen atoms in total. The van der Waals surface area contributed by atoms with E-state index in [2.05, 4.69) is 22.8 Å². The monoisotopic (exact) mass is 472 g/mol. The van der Waals surface area contributed by atoms with Crippen molar-refractivity contribution >= 4 is 17.7 Å². The quantitative estimate of drug-likeness (QED) is 0.354. The zero-order chi connectivity index (χ0) is 24.8. The van der Waals surface area contributed by atoms with Crippen LogP contribution in [-0.2, 0) is 16.0 Å². The molecule has 0 saturated carbocycles. The van der Waals surface area contributed by atoms with Gasteiger partial charge in [-0.3, -0.25) is 4.79 Å². The summed E-state index contributed by atoms with van der Waals surface area (Å²) in [6.07, 6.45) is 3.77. The lowest BCUT2D eigenvalue weighted by atomic mass is 10.0. The summed E-state index contributed by atoms with van der Waals surface area (Å²) in [7, 11) is 1.66. The fourth-order valence-corrected chi connectivity index (χ4v) is 3.06. The number of aryl methyl sites for hydroxylation is 1. The number of carbonyl (C=O) groups is 2. The molecule has 0 bridgehead atoms. The van der Waals surface area contributed by atoms with Crippen LogP contribution in [0.15, 0.2) is 48.5 Å². The number of aliphatic hydroxyl groups is 1. The zero-order valence-electron chi connectivity index (χ0n) is 20.3. The van der Waals surface area contributed by atoms with Crippen LogP contribution in [0.2, 0.25) is 0 Å². The van der Waals surface area contributed by atoms with Gasteiger partial charge < -0.3 is 30.0 Å². The van der Waals surface area contributed by atoms with Gasteiger partial charge in [-0.25, -0.2) is 4.79 Å². The second-order valence-corrected chi connectivity index (χ2v) is 8.24.